The minimum atomic E-state index is 0.821. The van der Waals surface area contributed by atoms with E-state index in [2.05, 4.69) is 75.3 Å². The molecule has 0 heterocycles. The van der Waals surface area contributed by atoms with Crippen molar-refractivity contribution < 1.29 is 4.74 Å². The molecule has 0 aromatic heterocycles. The van der Waals surface area contributed by atoms with Gasteiger partial charge in [-0.2, -0.15) is 0 Å². The zero-order valence-electron chi connectivity index (χ0n) is 17.1. The molecule has 0 aliphatic heterocycles. The second-order valence-electron chi connectivity index (χ2n) is 7.57. The lowest BCUT2D eigenvalue weighted by molar-refractivity contribution is 0.303. The lowest BCUT2D eigenvalue weighted by Crippen LogP contribution is -2.12. The lowest BCUT2D eigenvalue weighted by atomic mass is 9.95. The van der Waals surface area contributed by atoms with Gasteiger partial charge in [-0.1, -0.05) is 56.0 Å². The Bertz CT molecular complexity index is 626. The van der Waals surface area contributed by atoms with Gasteiger partial charge in [0.1, 0.15) is 5.75 Å². The number of hydrogen-bond donors (Lipinski definition) is 0. The maximum Gasteiger partial charge on any atom is 0.119 e. The molecule has 0 spiro atoms. The fraction of sp³-hybridized carbons (Fsp3) is 0.500. The first-order chi connectivity index (χ1) is 12.6. The van der Waals surface area contributed by atoms with E-state index >= 15 is 0 Å². The van der Waals surface area contributed by atoms with Crippen LogP contribution in [0.3, 0.4) is 0 Å². The quantitative estimate of drug-likeness (QED) is 0.443. The highest BCUT2D eigenvalue weighted by Gasteiger charge is 2.08. The summed E-state index contributed by atoms with van der Waals surface area (Å²) < 4.78 is 6.01. The van der Waals surface area contributed by atoms with Crippen LogP contribution >= 0.6 is 0 Å². The third-order valence-electron chi connectivity index (χ3n) is 4.84. The van der Waals surface area contributed by atoms with Crippen molar-refractivity contribution in [3.63, 3.8) is 0 Å². The normalized spacial score (nSPS) is 11.1. The van der Waals surface area contributed by atoms with Crippen LogP contribution in [0.25, 0.3) is 11.1 Å². The summed E-state index contributed by atoms with van der Waals surface area (Å²) in [4.78, 5) is 2.26. The summed E-state index contributed by atoms with van der Waals surface area (Å²) >= 11 is 0. The van der Waals surface area contributed by atoms with Gasteiger partial charge in [0.25, 0.3) is 0 Å². The van der Waals surface area contributed by atoms with Gasteiger partial charge >= 0.3 is 0 Å². The van der Waals surface area contributed by atoms with Crippen LogP contribution in [-0.4, -0.2) is 32.1 Å². The Labute approximate surface area is 160 Å². The van der Waals surface area contributed by atoms with Gasteiger partial charge in [-0.3, -0.25) is 0 Å². The molecule has 2 aromatic rings. The molecule has 142 valence electrons. The lowest BCUT2D eigenvalue weighted by Gasteiger charge is -2.14. The SMILES string of the molecule is Cc1cc(OCCCCCCCCN(C)C)cc(C)c1-c1ccccc1. The first kappa shape index (κ1) is 20.5. The topological polar surface area (TPSA) is 12.5 Å². The molecule has 0 aliphatic carbocycles. The van der Waals surface area contributed by atoms with Crippen LogP contribution < -0.4 is 4.74 Å². The second kappa shape index (κ2) is 11.0. The van der Waals surface area contributed by atoms with E-state index in [-0.39, 0.29) is 0 Å². The standard InChI is InChI=1S/C24H35NO/c1-20-18-23(19-21(2)24(20)22-14-10-9-11-15-22)26-17-13-8-6-5-7-12-16-25(3)4/h9-11,14-15,18-19H,5-8,12-13,16-17H2,1-4H3. The zero-order chi connectivity index (χ0) is 18.8. The Morgan fingerprint density at radius 2 is 1.35 bits per heavy atom. The van der Waals surface area contributed by atoms with Crippen molar-refractivity contribution in [1.29, 1.82) is 0 Å². The van der Waals surface area contributed by atoms with E-state index in [0.717, 1.165) is 18.8 Å². The molecule has 0 aliphatic rings. The van der Waals surface area contributed by atoms with Gasteiger partial charge in [0, 0.05) is 0 Å². The average molecular weight is 354 g/mol. The number of nitrogens with zero attached hydrogens (tertiary/aromatic N) is 1. The minimum absolute atomic E-state index is 0.821. The van der Waals surface area contributed by atoms with E-state index in [1.807, 2.05) is 0 Å². The highest BCUT2D eigenvalue weighted by molar-refractivity contribution is 5.71. The molecule has 2 heteroatoms. The molecule has 2 aromatic carbocycles. The van der Waals surface area contributed by atoms with Crippen LogP contribution in [-0.2, 0) is 0 Å². The summed E-state index contributed by atoms with van der Waals surface area (Å²) in [5.74, 6) is 1.01. The molecule has 0 fully saturated rings. The van der Waals surface area contributed by atoms with Gasteiger partial charge in [0.2, 0.25) is 0 Å². The molecular formula is C24H35NO. The number of benzene rings is 2. The van der Waals surface area contributed by atoms with Gasteiger partial charge in [-0.05, 0) is 81.7 Å². The third-order valence-corrected chi connectivity index (χ3v) is 4.84. The highest BCUT2D eigenvalue weighted by atomic mass is 16.5. The van der Waals surface area contributed by atoms with Crippen LogP contribution in [0.2, 0.25) is 0 Å². The summed E-state index contributed by atoms with van der Waals surface area (Å²) in [6, 6.07) is 15.0. The van der Waals surface area contributed by atoms with Crippen LogP contribution in [0.1, 0.15) is 49.7 Å². The molecule has 2 nitrogen and oxygen atoms in total. The highest BCUT2D eigenvalue weighted by Crippen LogP contribution is 2.30. The Morgan fingerprint density at radius 3 is 1.96 bits per heavy atom. The third kappa shape index (κ3) is 6.84. The van der Waals surface area contributed by atoms with E-state index in [9.17, 15) is 0 Å². The smallest absolute Gasteiger partial charge is 0.119 e. The van der Waals surface area contributed by atoms with Crippen molar-refractivity contribution in [2.45, 2.75) is 52.4 Å². The van der Waals surface area contributed by atoms with Crippen molar-refractivity contribution >= 4 is 0 Å². The van der Waals surface area contributed by atoms with E-state index < -0.39 is 0 Å². The predicted molar refractivity (Wildman–Crippen MR) is 113 cm³/mol. The summed E-state index contributed by atoms with van der Waals surface area (Å²) in [7, 11) is 4.29. The van der Waals surface area contributed by atoms with Crippen molar-refractivity contribution in [1.82, 2.24) is 4.90 Å². The molecular weight excluding hydrogens is 318 g/mol. The first-order valence-electron chi connectivity index (χ1n) is 10.0. The minimum Gasteiger partial charge on any atom is -0.494 e. The van der Waals surface area contributed by atoms with E-state index in [0.29, 0.717) is 0 Å². The number of aryl methyl sites for hydroxylation is 2. The van der Waals surface area contributed by atoms with Gasteiger partial charge in [0.05, 0.1) is 6.61 Å². The molecule has 0 amide bonds. The van der Waals surface area contributed by atoms with Gasteiger partial charge in [-0.15, -0.1) is 0 Å². The largest absolute Gasteiger partial charge is 0.494 e. The van der Waals surface area contributed by atoms with Crippen molar-refractivity contribution in [2.75, 3.05) is 27.2 Å². The van der Waals surface area contributed by atoms with Crippen LogP contribution in [0, 0.1) is 13.8 Å². The van der Waals surface area contributed by atoms with Gasteiger partial charge in [0.15, 0.2) is 0 Å². The van der Waals surface area contributed by atoms with Crippen molar-refractivity contribution in [3.05, 3.63) is 53.6 Å². The first-order valence-corrected chi connectivity index (χ1v) is 10.0. The molecule has 0 saturated carbocycles. The van der Waals surface area contributed by atoms with Crippen LogP contribution in [0.4, 0.5) is 0 Å². The predicted octanol–water partition coefficient (Wildman–Crippen LogP) is 6.25. The van der Waals surface area contributed by atoms with Gasteiger partial charge in [-0.25, -0.2) is 0 Å². The summed E-state index contributed by atoms with van der Waals surface area (Å²) in [5, 5.41) is 0. The maximum absolute atomic E-state index is 6.01. The molecule has 2 rings (SSSR count). The Kier molecular flexibility index (Phi) is 8.70. The molecule has 0 saturated heterocycles. The Morgan fingerprint density at radius 1 is 0.769 bits per heavy atom. The molecule has 0 radical (unpaired) electrons. The van der Waals surface area contributed by atoms with Crippen LogP contribution in [0.5, 0.6) is 5.75 Å². The monoisotopic (exact) mass is 353 g/mol. The second-order valence-corrected chi connectivity index (χ2v) is 7.57. The van der Waals surface area contributed by atoms with E-state index in [1.165, 1.54) is 60.9 Å². The maximum atomic E-state index is 6.01. The van der Waals surface area contributed by atoms with Crippen LogP contribution in [0.15, 0.2) is 42.5 Å². The zero-order valence-corrected chi connectivity index (χ0v) is 17.1. The summed E-state index contributed by atoms with van der Waals surface area (Å²) in [6.07, 6.45) is 7.74. The molecule has 0 unspecified atom stereocenters. The van der Waals surface area contributed by atoms with E-state index in [4.69, 9.17) is 4.74 Å². The average Bonchev–Trinajstić information content (AvgIpc) is 2.60. The number of hydrogen-bond acceptors (Lipinski definition) is 2. The van der Waals surface area contributed by atoms with E-state index in [1.54, 1.807) is 0 Å². The Hall–Kier alpha value is -1.80. The molecule has 26 heavy (non-hydrogen) atoms. The van der Waals surface area contributed by atoms with Crippen molar-refractivity contribution in [3.8, 4) is 16.9 Å². The molecule has 0 atom stereocenters. The summed E-state index contributed by atoms with van der Waals surface area (Å²) in [6.45, 7) is 6.38. The number of rotatable bonds is 11. The summed E-state index contributed by atoms with van der Waals surface area (Å²) in [5.41, 5.74) is 5.18. The molecule has 0 N–H and O–H groups in total. The Balaban J connectivity index is 1.72. The number of ether oxygens (including phenoxy) is 1. The number of unbranched alkanes of at least 4 members (excludes halogenated alkanes) is 5. The fourth-order valence-corrected chi connectivity index (χ4v) is 3.49. The van der Waals surface area contributed by atoms with Crippen molar-refractivity contribution in [2.24, 2.45) is 0 Å². The fourth-order valence-electron chi connectivity index (χ4n) is 3.49. The van der Waals surface area contributed by atoms with Gasteiger partial charge < -0.3 is 9.64 Å². The molecule has 0 bridgehead atoms.